The van der Waals surface area contributed by atoms with Crippen molar-refractivity contribution in [3.63, 3.8) is 0 Å². The highest BCUT2D eigenvalue weighted by atomic mass is 79.9. The van der Waals surface area contributed by atoms with Crippen LogP contribution in [0.3, 0.4) is 0 Å². The lowest BCUT2D eigenvalue weighted by Gasteiger charge is -2.07. The van der Waals surface area contributed by atoms with Gasteiger partial charge in [0.2, 0.25) is 0 Å². The Balaban J connectivity index is 2.41. The maximum atomic E-state index is 12.3. The van der Waals surface area contributed by atoms with Gasteiger partial charge in [-0.15, -0.1) is 0 Å². The summed E-state index contributed by atoms with van der Waals surface area (Å²) in [7, 11) is -3.76. The predicted molar refractivity (Wildman–Crippen MR) is 76.2 cm³/mol. The van der Waals surface area contributed by atoms with E-state index in [2.05, 4.69) is 20.9 Å². The van der Waals surface area contributed by atoms with Gasteiger partial charge in [-0.3, -0.25) is 4.98 Å². The van der Waals surface area contributed by atoms with Crippen molar-refractivity contribution in [3.8, 4) is 0 Å². The summed E-state index contributed by atoms with van der Waals surface area (Å²) < 4.78 is 25.3. The van der Waals surface area contributed by atoms with E-state index in [0.717, 1.165) is 4.47 Å². The smallest absolute Gasteiger partial charge is 0.337 e. The van der Waals surface area contributed by atoms with Crippen LogP contribution in [-0.2, 0) is 15.6 Å². The van der Waals surface area contributed by atoms with Crippen LogP contribution in [0.15, 0.2) is 52.0 Å². The van der Waals surface area contributed by atoms with Gasteiger partial charge in [0.1, 0.15) is 0 Å². The Morgan fingerprint density at radius 3 is 2.50 bits per heavy atom. The van der Waals surface area contributed by atoms with Crippen LogP contribution in [0, 0.1) is 0 Å². The Morgan fingerprint density at radius 1 is 1.20 bits per heavy atom. The average Bonchev–Trinajstić information content (AvgIpc) is 2.41. The van der Waals surface area contributed by atoms with E-state index >= 15 is 0 Å². The Labute approximate surface area is 124 Å². The average molecular weight is 356 g/mol. The third kappa shape index (κ3) is 3.23. The number of aromatic nitrogens is 1. The number of pyridine rings is 1. The van der Waals surface area contributed by atoms with Crippen LogP contribution in [0.1, 0.15) is 16.1 Å². The highest BCUT2D eigenvalue weighted by Crippen LogP contribution is 2.20. The van der Waals surface area contributed by atoms with Crippen molar-refractivity contribution in [3.05, 3.63) is 58.3 Å². The monoisotopic (exact) mass is 355 g/mol. The van der Waals surface area contributed by atoms with E-state index < -0.39 is 15.8 Å². The van der Waals surface area contributed by atoms with E-state index in [0.29, 0.717) is 5.69 Å². The highest BCUT2D eigenvalue weighted by Gasteiger charge is 2.22. The van der Waals surface area contributed by atoms with Gasteiger partial charge >= 0.3 is 5.97 Å². The summed E-state index contributed by atoms with van der Waals surface area (Å²) >= 11 is 3.21. The number of benzene rings is 1. The fraction of sp³-hybridized carbons (Fsp3) is 0.0769. The van der Waals surface area contributed by atoms with Crippen molar-refractivity contribution >= 4 is 31.7 Å². The van der Waals surface area contributed by atoms with Crippen LogP contribution < -0.4 is 0 Å². The quantitative estimate of drug-likeness (QED) is 0.910. The lowest BCUT2D eigenvalue weighted by atomic mass is 10.2. The number of rotatable bonds is 4. The first-order chi connectivity index (χ1) is 9.40. The molecule has 0 aliphatic carbocycles. The first-order valence-corrected chi connectivity index (χ1v) is 8.00. The molecular formula is C13H10BrNO4S. The molecule has 0 saturated carbocycles. The Morgan fingerprint density at radius 2 is 1.90 bits per heavy atom. The van der Waals surface area contributed by atoms with Gasteiger partial charge < -0.3 is 5.11 Å². The van der Waals surface area contributed by atoms with Gasteiger partial charge in [0, 0.05) is 10.7 Å². The minimum Gasteiger partial charge on any atom is -0.478 e. The largest absolute Gasteiger partial charge is 0.478 e. The Bertz CT molecular complexity index is 741. The summed E-state index contributed by atoms with van der Waals surface area (Å²) in [4.78, 5) is 14.9. The van der Waals surface area contributed by atoms with Gasteiger partial charge in [-0.1, -0.05) is 12.1 Å². The van der Waals surface area contributed by atoms with Gasteiger partial charge in [0.25, 0.3) is 0 Å². The molecule has 0 saturated heterocycles. The normalized spacial score (nSPS) is 11.2. The molecule has 0 spiro atoms. The SMILES string of the molecule is O=C(O)c1ccccc1S(=O)(=O)Cc1ccc(Br)cn1. The summed E-state index contributed by atoms with van der Waals surface area (Å²) in [5.41, 5.74) is 0.123. The van der Waals surface area contributed by atoms with E-state index in [4.69, 9.17) is 5.11 Å². The number of nitrogens with zero attached hydrogens (tertiary/aromatic N) is 1. The summed E-state index contributed by atoms with van der Waals surface area (Å²) in [5.74, 6) is -1.61. The van der Waals surface area contributed by atoms with Crippen LogP contribution in [-0.4, -0.2) is 24.5 Å². The van der Waals surface area contributed by atoms with Crippen LogP contribution >= 0.6 is 15.9 Å². The molecule has 1 aromatic heterocycles. The summed E-state index contributed by atoms with van der Waals surface area (Å²) in [6, 6.07) is 8.79. The Hall–Kier alpha value is -1.73. The van der Waals surface area contributed by atoms with Crippen LogP contribution in [0.4, 0.5) is 0 Å². The standard InChI is InChI=1S/C13H10BrNO4S/c14-9-5-6-10(15-7-9)8-20(18,19)12-4-2-1-3-11(12)13(16)17/h1-7H,8H2,(H,16,17). The zero-order chi connectivity index (χ0) is 14.8. The van der Waals surface area contributed by atoms with E-state index in [9.17, 15) is 13.2 Å². The number of sulfone groups is 1. The van der Waals surface area contributed by atoms with E-state index in [1.165, 1.54) is 30.5 Å². The molecule has 0 atom stereocenters. The van der Waals surface area contributed by atoms with E-state index in [1.54, 1.807) is 12.1 Å². The van der Waals surface area contributed by atoms with Gasteiger partial charge in [-0.25, -0.2) is 13.2 Å². The molecule has 2 aromatic rings. The second kappa shape index (κ2) is 5.72. The molecule has 1 heterocycles. The zero-order valence-corrected chi connectivity index (χ0v) is 12.6. The molecule has 5 nitrogen and oxygen atoms in total. The van der Waals surface area contributed by atoms with Crippen molar-refractivity contribution in [1.82, 2.24) is 4.98 Å². The molecular weight excluding hydrogens is 346 g/mol. The fourth-order valence-corrected chi connectivity index (χ4v) is 3.41. The molecule has 0 amide bonds. The number of carboxylic acids is 1. The molecule has 0 bridgehead atoms. The lowest BCUT2D eigenvalue weighted by molar-refractivity contribution is 0.0692. The maximum absolute atomic E-state index is 12.3. The third-order valence-electron chi connectivity index (χ3n) is 2.58. The zero-order valence-electron chi connectivity index (χ0n) is 10.2. The maximum Gasteiger partial charge on any atom is 0.337 e. The number of aromatic carboxylic acids is 1. The highest BCUT2D eigenvalue weighted by molar-refractivity contribution is 9.10. The molecule has 1 N–H and O–H groups in total. The van der Waals surface area contributed by atoms with Crippen molar-refractivity contribution in [2.75, 3.05) is 0 Å². The molecule has 104 valence electrons. The van der Waals surface area contributed by atoms with Crippen molar-refractivity contribution < 1.29 is 18.3 Å². The summed E-state index contributed by atoms with van der Waals surface area (Å²) in [6.45, 7) is 0. The third-order valence-corrected chi connectivity index (χ3v) is 4.75. The number of halogens is 1. The van der Waals surface area contributed by atoms with Crippen molar-refractivity contribution in [2.45, 2.75) is 10.6 Å². The van der Waals surface area contributed by atoms with Gasteiger partial charge in [-0.2, -0.15) is 0 Å². The second-order valence-electron chi connectivity index (χ2n) is 4.03. The van der Waals surface area contributed by atoms with Crippen molar-refractivity contribution in [2.24, 2.45) is 0 Å². The summed E-state index contributed by atoms with van der Waals surface area (Å²) in [5, 5.41) is 9.05. The summed E-state index contributed by atoms with van der Waals surface area (Å²) in [6.07, 6.45) is 1.49. The molecule has 1 aromatic carbocycles. The van der Waals surface area contributed by atoms with Crippen molar-refractivity contribution in [1.29, 1.82) is 0 Å². The fourth-order valence-electron chi connectivity index (χ4n) is 1.68. The van der Waals surface area contributed by atoms with Gasteiger partial charge in [-0.05, 0) is 40.2 Å². The number of carbonyl (C=O) groups is 1. The first kappa shape index (κ1) is 14.7. The molecule has 0 unspecified atom stereocenters. The second-order valence-corrected chi connectivity index (χ2v) is 6.90. The number of carboxylic acid groups (broad SMARTS) is 1. The molecule has 20 heavy (non-hydrogen) atoms. The molecule has 7 heteroatoms. The van der Waals surface area contributed by atoms with Gasteiger partial charge in [0.05, 0.1) is 21.9 Å². The molecule has 2 rings (SSSR count). The molecule has 0 aliphatic rings. The van der Waals surface area contributed by atoms with Crippen LogP contribution in [0.5, 0.6) is 0 Å². The minimum atomic E-state index is -3.76. The first-order valence-electron chi connectivity index (χ1n) is 5.55. The van der Waals surface area contributed by atoms with Gasteiger partial charge in [0.15, 0.2) is 9.84 Å². The van der Waals surface area contributed by atoms with Crippen LogP contribution in [0.25, 0.3) is 0 Å². The minimum absolute atomic E-state index is 0.197. The predicted octanol–water partition coefficient (Wildman–Crippen LogP) is 2.52. The van der Waals surface area contributed by atoms with E-state index in [-0.39, 0.29) is 16.2 Å². The topological polar surface area (TPSA) is 84.3 Å². The lowest BCUT2D eigenvalue weighted by Crippen LogP contribution is -2.11. The molecule has 0 aliphatic heterocycles. The Kier molecular flexibility index (Phi) is 4.20. The van der Waals surface area contributed by atoms with E-state index in [1.807, 2.05) is 0 Å². The molecule has 0 radical (unpaired) electrons. The number of hydrogen-bond acceptors (Lipinski definition) is 4. The van der Waals surface area contributed by atoms with Crippen LogP contribution in [0.2, 0.25) is 0 Å². The molecule has 0 fully saturated rings. The number of hydrogen-bond donors (Lipinski definition) is 1.